The number of carbonyl (C=O) groups is 3. The number of halogens is 3. The SMILES string of the molecule is COC(=O)C(CC=O)N1CCN(c2ccc(OC(F)(F)F)cc2)CCC1=O. The van der Waals surface area contributed by atoms with Gasteiger partial charge in [0.1, 0.15) is 18.1 Å². The molecule has 1 aliphatic heterocycles. The van der Waals surface area contributed by atoms with Gasteiger partial charge in [-0.25, -0.2) is 4.79 Å². The fourth-order valence-electron chi connectivity index (χ4n) is 2.86. The van der Waals surface area contributed by atoms with E-state index in [2.05, 4.69) is 9.47 Å². The fourth-order valence-corrected chi connectivity index (χ4v) is 2.86. The predicted octanol–water partition coefficient (Wildman–Crippen LogP) is 1.75. The number of benzene rings is 1. The van der Waals surface area contributed by atoms with Gasteiger partial charge in [-0.3, -0.25) is 4.79 Å². The predicted molar refractivity (Wildman–Crippen MR) is 88.2 cm³/mol. The van der Waals surface area contributed by atoms with Crippen molar-refractivity contribution in [1.82, 2.24) is 4.90 Å². The fraction of sp³-hybridized carbons (Fsp3) is 0.471. The molecule has 1 aliphatic rings. The zero-order chi connectivity index (χ0) is 20.0. The molecule has 0 spiro atoms. The zero-order valence-corrected chi connectivity index (χ0v) is 14.6. The van der Waals surface area contributed by atoms with Crippen LogP contribution in [0.1, 0.15) is 12.8 Å². The molecule has 1 saturated heterocycles. The molecule has 148 valence electrons. The maximum Gasteiger partial charge on any atom is 0.573 e. The minimum absolute atomic E-state index is 0.0904. The Kier molecular flexibility index (Phi) is 6.65. The van der Waals surface area contributed by atoms with Crippen LogP contribution in [0.3, 0.4) is 0 Å². The number of aldehydes is 1. The first-order valence-electron chi connectivity index (χ1n) is 8.17. The van der Waals surface area contributed by atoms with Crippen molar-refractivity contribution >= 4 is 23.9 Å². The molecule has 0 N–H and O–H groups in total. The second-order valence-electron chi connectivity index (χ2n) is 5.81. The summed E-state index contributed by atoms with van der Waals surface area (Å²) in [5.74, 6) is -1.31. The van der Waals surface area contributed by atoms with E-state index in [-0.39, 0.29) is 31.0 Å². The average molecular weight is 388 g/mol. The Morgan fingerprint density at radius 3 is 2.44 bits per heavy atom. The van der Waals surface area contributed by atoms with Crippen molar-refractivity contribution in [2.24, 2.45) is 0 Å². The van der Waals surface area contributed by atoms with Crippen molar-refractivity contribution in [2.45, 2.75) is 25.2 Å². The van der Waals surface area contributed by atoms with E-state index in [1.54, 1.807) is 0 Å². The number of alkyl halides is 3. The molecular weight excluding hydrogens is 369 g/mol. The van der Waals surface area contributed by atoms with Crippen molar-refractivity contribution in [2.75, 3.05) is 31.6 Å². The van der Waals surface area contributed by atoms with Gasteiger partial charge in [0.15, 0.2) is 0 Å². The average Bonchev–Trinajstić information content (AvgIpc) is 2.80. The molecule has 1 heterocycles. The lowest BCUT2D eigenvalue weighted by molar-refractivity contribution is -0.274. The number of amides is 1. The number of hydrogen-bond donors (Lipinski definition) is 0. The monoisotopic (exact) mass is 388 g/mol. The largest absolute Gasteiger partial charge is 0.573 e. The van der Waals surface area contributed by atoms with Crippen LogP contribution in [-0.4, -0.2) is 62.2 Å². The third-order valence-electron chi connectivity index (χ3n) is 4.13. The van der Waals surface area contributed by atoms with E-state index in [0.717, 1.165) is 0 Å². The van der Waals surface area contributed by atoms with Crippen molar-refractivity contribution < 1.29 is 37.0 Å². The molecule has 27 heavy (non-hydrogen) atoms. The molecule has 1 amide bonds. The molecule has 1 aromatic rings. The topological polar surface area (TPSA) is 76.2 Å². The van der Waals surface area contributed by atoms with E-state index in [4.69, 9.17) is 0 Å². The number of hydrogen-bond acceptors (Lipinski definition) is 6. The lowest BCUT2D eigenvalue weighted by atomic mass is 10.1. The third-order valence-corrected chi connectivity index (χ3v) is 4.13. The number of rotatable bonds is 6. The highest BCUT2D eigenvalue weighted by atomic mass is 19.4. The van der Waals surface area contributed by atoms with Gasteiger partial charge in [0.05, 0.1) is 7.11 Å². The molecule has 1 atom stereocenters. The zero-order valence-electron chi connectivity index (χ0n) is 14.6. The van der Waals surface area contributed by atoms with Crippen LogP contribution in [0.25, 0.3) is 0 Å². The van der Waals surface area contributed by atoms with Crippen molar-refractivity contribution in [3.05, 3.63) is 24.3 Å². The normalized spacial score (nSPS) is 16.5. The minimum Gasteiger partial charge on any atom is -0.467 e. The van der Waals surface area contributed by atoms with E-state index in [0.29, 0.717) is 25.1 Å². The van der Waals surface area contributed by atoms with Gasteiger partial charge in [0.2, 0.25) is 5.91 Å². The molecule has 7 nitrogen and oxygen atoms in total. The van der Waals surface area contributed by atoms with Gasteiger partial charge in [0.25, 0.3) is 0 Å². The van der Waals surface area contributed by atoms with Gasteiger partial charge >= 0.3 is 12.3 Å². The Bertz CT molecular complexity index is 678. The highest BCUT2D eigenvalue weighted by molar-refractivity contribution is 5.86. The smallest absolute Gasteiger partial charge is 0.467 e. The van der Waals surface area contributed by atoms with Crippen LogP contribution in [0.15, 0.2) is 24.3 Å². The number of anilines is 1. The third kappa shape index (κ3) is 5.60. The van der Waals surface area contributed by atoms with Crippen LogP contribution in [-0.2, 0) is 19.1 Å². The molecule has 1 aromatic carbocycles. The van der Waals surface area contributed by atoms with Crippen LogP contribution in [0.4, 0.5) is 18.9 Å². The van der Waals surface area contributed by atoms with E-state index < -0.39 is 18.4 Å². The second-order valence-corrected chi connectivity index (χ2v) is 5.81. The lowest BCUT2D eigenvalue weighted by Gasteiger charge is -2.28. The molecule has 0 radical (unpaired) electrons. The molecule has 0 saturated carbocycles. The minimum atomic E-state index is -4.77. The number of methoxy groups -OCH3 is 1. The maximum absolute atomic E-state index is 12.4. The second kappa shape index (κ2) is 8.74. The van der Waals surface area contributed by atoms with Crippen molar-refractivity contribution in [3.63, 3.8) is 0 Å². The summed E-state index contributed by atoms with van der Waals surface area (Å²) in [6, 6.07) is 4.32. The van der Waals surface area contributed by atoms with Crippen LogP contribution in [0, 0.1) is 0 Å². The number of nitrogens with zero attached hydrogens (tertiary/aromatic N) is 2. The Labute approximate surface area is 153 Å². The molecule has 0 aromatic heterocycles. The summed E-state index contributed by atoms with van der Waals surface area (Å²) in [6.45, 7) is 0.842. The standard InChI is InChI=1S/C17H19F3N2O5/c1-26-16(25)14(7-11-23)22-10-9-21(8-6-15(22)24)12-2-4-13(5-3-12)27-17(18,19)20/h2-5,11,14H,6-10H2,1H3. The van der Waals surface area contributed by atoms with Gasteiger partial charge in [-0.05, 0) is 24.3 Å². The molecule has 0 bridgehead atoms. The summed E-state index contributed by atoms with van der Waals surface area (Å²) < 4.78 is 45.2. The molecule has 1 unspecified atom stereocenters. The Morgan fingerprint density at radius 1 is 1.22 bits per heavy atom. The van der Waals surface area contributed by atoms with E-state index in [1.807, 2.05) is 4.90 Å². The molecule has 10 heteroatoms. The summed E-state index contributed by atoms with van der Waals surface area (Å²) >= 11 is 0. The van der Waals surface area contributed by atoms with Crippen LogP contribution >= 0.6 is 0 Å². The van der Waals surface area contributed by atoms with Gasteiger partial charge < -0.3 is 24.1 Å². The van der Waals surface area contributed by atoms with Gasteiger partial charge in [0, 0.05) is 38.2 Å². The lowest BCUT2D eigenvalue weighted by Crippen LogP contribution is -2.46. The van der Waals surface area contributed by atoms with Crippen molar-refractivity contribution in [1.29, 1.82) is 0 Å². The Morgan fingerprint density at radius 2 is 1.89 bits per heavy atom. The number of carbonyl (C=O) groups excluding carboxylic acids is 3. The summed E-state index contributed by atoms with van der Waals surface area (Å²) in [6.07, 6.45) is -4.29. The summed E-state index contributed by atoms with van der Waals surface area (Å²) in [5, 5.41) is 0. The summed E-state index contributed by atoms with van der Waals surface area (Å²) in [5.41, 5.74) is 0.615. The van der Waals surface area contributed by atoms with E-state index in [1.165, 1.54) is 36.3 Å². The highest BCUT2D eigenvalue weighted by Gasteiger charge is 2.33. The first kappa shape index (κ1) is 20.5. The van der Waals surface area contributed by atoms with Crippen LogP contribution in [0.2, 0.25) is 0 Å². The maximum atomic E-state index is 12.4. The summed E-state index contributed by atoms with van der Waals surface area (Å²) in [4.78, 5) is 38.2. The number of esters is 1. The first-order valence-corrected chi connectivity index (χ1v) is 8.17. The van der Waals surface area contributed by atoms with E-state index >= 15 is 0 Å². The van der Waals surface area contributed by atoms with Gasteiger partial charge in [-0.1, -0.05) is 0 Å². The molecule has 1 fully saturated rings. The van der Waals surface area contributed by atoms with E-state index in [9.17, 15) is 27.6 Å². The van der Waals surface area contributed by atoms with Crippen molar-refractivity contribution in [3.8, 4) is 5.75 Å². The summed E-state index contributed by atoms with van der Waals surface area (Å²) in [7, 11) is 1.18. The van der Waals surface area contributed by atoms with Gasteiger partial charge in [-0.2, -0.15) is 0 Å². The number of ether oxygens (including phenoxy) is 2. The van der Waals surface area contributed by atoms with Crippen LogP contribution in [0.5, 0.6) is 5.75 Å². The molecular formula is C17H19F3N2O5. The highest BCUT2D eigenvalue weighted by Crippen LogP contribution is 2.26. The van der Waals surface area contributed by atoms with Crippen LogP contribution < -0.4 is 9.64 Å². The Hall–Kier alpha value is -2.78. The molecule has 0 aliphatic carbocycles. The Balaban J connectivity index is 2.09. The molecule has 2 rings (SSSR count). The van der Waals surface area contributed by atoms with Gasteiger partial charge in [-0.15, -0.1) is 13.2 Å². The quantitative estimate of drug-likeness (QED) is 0.546. The first-order chi connectivity index (χ1) is 12.7.